The summed E-state index contributed by atoms with van der Waals surface area (Å²) in [5.41, 5.74) is 3.96. The second-order valence-electron chi connectivity index (χ2n) is 24.5. The molecule has 0 aromatic heterocycles. The summed E-state index contributed by atoms with van der Waals surface area (Å²) in [6, 6.07) is 43.0. The largest absolute Gasteiger partial charge is 0.508 e. The molecule has 6 aromatic rings. The highest BCUT2D eigenvalue weighted by Crippen LogP contribution is 2.32. The molecule has 0 bridgehead atoms. The zero-order chi connectivity index (χ0) is 67.1. The van der Waals surface area contributed by atoms with Crippen molar-refractivity contribution in [3.8, 4) is 28.7 Å². The molecule has 0 amide bonds. The summed E-state index contributed by atoms with van der Waals surface area (Å²) >= 11 is 0. The first-order chi connectivity index (χ1) is 42.6. The van der Waals surface area contributed by atoms with Gasteiger partial charge in [0, 0.05) is 0 Å². The Bertz CT molecular complexity index is 3140. The highest BCUT2D eigenvalue weighted by Gasteiger charge is 2.35. The average molecular weight is 1440 g/mol. The molecular weight excluding hydrogens is 1290 g/mol. The van der Waals surface area contributed by atoms with E-state index in [9.17, 15) is 26.4 Å². The van der Waals surface area contributed by atoms with Gasteiger partial charge < -0.3 is 33.9 Å². The zero-order valence-corrected chi connectivity index (χ0v) is 58.1. The molecule has 5 atom stereocenters. The molecule has 2 N–H and O–H groups in total. The lowest BCUT2D eigenvalue weighted by molar-refractivity contribution is -0.160. The van der Waals surface area contributed by atoms with E-state index in [4.69, 9.17) is 33.9 Å². The molecule has 0 saturated heterocycles. The van der Waals surface area contributed by atoms with Crippen LogP contribution in [0.15, 0.2) is 161 Å². The van der Waals surface area contributed by atoms with Crippen LogP contribution < -0.4 is 14.2 Å². The summed E-state index contributed by atoms with van der Waals surface area (Å²) in [4.78, 5) is 23.4. The fourth-order valence-corrected chi connectivity index (χ4v) is 12.6. The van der Waals surface area contributed by atoms with Crippen LogP contribution in [0.5, 0.6) is 28.7 Å². The molecule has 1 aliphatic carbocycles. The summed E-state index contributed by atoms with van der Waals surface area (Å²) in [5.74, 6) is 4.22. The van der Waals surface area contributed by atoms with Crippen LogP contribution >= 0.6 is 0 Å². The van der Waals surface area contributed by atoms with Crippen LogP contribution in [0, 0.1) is 16.7 Å². The number of methoxy groups -OCH3 is 1. The number of phenolic OH excluding ortho intramolecular Hbond substituents is 2. The highest BCUT2D eigenvalue weighted by molar-refractivity contribution is 8.67. The minimum Gasteiger partial charge on any atom is -0.508 e. The number of carbonyl (C=O) groups is 2. The van der Waals surface area contributed by atoms with E-state index in [2.05, 4.69) is 72.7 Å². The van der Waals surface area contributed by atoms with Gasteiger partial charge in [0.15, 0.2) is 6.29 Å². The van der Waals surface area contributed by atoms with E-state index in [1.807, 2.05) is 89.2 Å². The van der Waals surface area contributed by atoms with Crippen molar-refractivity contribution in [1.82, 2.24) is 0 Å². The van der Waals surface area contributed by atoms with Gasteiger partial charge in [-0.15, -0.1) is 0 Å². The molecule has 576 valence electrons. The summed E-state index contributed by atoms with van der Waals surface area (Å²) in [6.45, 7) is 29.3. The third-order valence-corrected chi connectivity index (χ3v) is 22.1. The summed E-state index contributed by atoms with van der Waals surface area (Å²) in [6.07, 6.45) is 14.6. The van der Waals surface area contributed by atoms with Gasteiger partial charge in [0.2, 0.25) is 0 Å². The fourth-order valence-electron chi connectivity index (χ4n) is 9.01. The Kier molecular flexibility index (Phi) is 60.1. The van der Waals surface area contributed by atoms with E-state index < -0.39 is 39.4 Å². The SMILES string of the molecule is C.C.C.C.C.C.C.C.C.C.CCC(C)(C)C(=O)Oc1ccc(S(=O)(=O)S(=O)(=O)c2ccc(OC)cc2)cc1.CCC(C)c1ccc(O)cc1.CCC(C)c1ccc(O)cc1.CCC(C)c1ccc(OC(C)OCCC2CCCCC2)cc1.CCCC(OC(=O)C(C)(C)CC)c1ccccc1. The molecule has 1 fully saturated rings. The highest BCUT2D eigenvalue weighted by atomic mass is 33.2. The Hall–Kier alpha value is -6.68. The van der Waals surface area contributed by atoms with Gasteiger partial charge in [0.1, 0.15) is 34.9 Å². The van der Waals surface area contributed by atoms with Crippen LogP contribution in [0.3, 0.4) is 0 Å². The van der Waals surface area contributed by atoms with Crippen molar-refractivity contribution < 1.29 is 60.3 Å². The van der Waals surface area contributed by atoms with Crippen molar-refractivity contribution in [3.63, 3.8) is 0 Å². The number of phenols is 2. The molecule has 0 radical (unpaired) electrons. The van der Waals surface area contributed by atoms with Crippen molar-refractivity contribution >= 4 is 29.7 Å². The first-order valence-electron chi connectivity index (χ1n) is 32.3. The lowest BCUT2D eigenvalue weighted by atomic mass is 9.87. The first kappa shape index (κ1) is 109. The van der Waals surface area contributed by atoms with E-state index in [1.54, 1.807) is 38.1 Å². The van der Waals surface area contributed by atoms with E-state index in [0.717, 1.165) is 80.2 Å². The Morgan fingerprint density at radius 2 is 0.830 bits per heavy atom. The van der Waals surface area contributed by atoms with E-state index in [1.165, 1.54) is 93.0 Å². The Labute approximate surface area is 614 Å². The predicted molar refractivity (Wildman–Crippen MR) is 431 cm³/mol. The van der Waals surface area contributed by atoms with Crippen LogP contribution in [0.2, 0.25) is 0 Å². The maximum atomic E-state index is 12.6. The molecule has 7 rings (SSSR count). The number of rotatable bonds is 25. The van der Waals surface area contributed by atoms with Crippen molar-refractivity contribution in [2.75, 3.05) is 13.7 Å². The fraction of sp³-hybridized carbons (Fsp3) is 0.553. The third-order valence-electron chi connectivity index (χ3n) is 16.9. The number of carbonyl (C=O) groups excluding carboxylic acids is 2. The van der Waals surface area contributed by atoms with Crippen LogP contribution in [0.1, 0.15) is 301 Å². The maximum absolute atomic E-state index is 12.6. The standard InChI is InChI=1S/C20H32O2.C19H22O7S2.C16H24O2.2C10H14O.10CH4/c1-4-16(2)19-10-12-20(13-11-19)22-17(3)21-15-14-18-8-6-5-7-9-18;1-5-19(2,3)18(20)26-15-8-12-17(13-9-15)28(23,24)27(21,22)16-10-6-14(25-4)7-11-16;1-5-10-14(13-11-8-7-9-12-13)18-15(17)16(3,4)6-2;2*1-3-8(2)9-4-6-10(11)7-5-9;;;;;;;;;;/h10-13,16-18H,4-9,14-15H2,1-3H3;6-13H,5H2,1-4H3;7-9,11-12,14H,5-6,10H2,1-4H3;2*4-8,11H,3H2,1-2H3;10*1H4. The molecule has 13 nitrogen and oxygen atoms in total. The zero-order valence-electron chi connectivity index (χ0n) is 56.5. The van der Waals surface area contributed by atoms with Crippen molar-refractivity contribution in [1.29, 1.82) is 0 Å². The van der Waals surface area contributed by atoms with Crippen molar-refractivity contribution in [2.45, 2.75) is 295 Å². The molecule has 15 heteroatoms. The van der Waals surface area contributed by atoms with Crippen LogP contribution in [0.25, 0.3) is 0 Å². The average Bonchev–Trinajstić information content (AvgIpc) is 0.765. The third kappa shape index (κ3) is 36.3. The number of esters is 2. The lowest BCUT2D eigenvalue weighted by Crippen LogP contribution is -2.28. The molecule has 5 unspecified atom stereocenters. The lowest BCUT2D eigenvalue weighted by Gasteiger charge is -2.25. The van der Waals surface area contributed by atoms with Gasteiger partial charge in [0.25, 0.3) is 17.7 Å². The monoisotopic (exact) mass is 1440 g/mol. The molecular formula is C85H146O13S2. The number of hydrogen-bond acceptors (Lipinski definition) is 13. The Balaban J connectivity index is -0.000000179. The predicted octanol–water partition coefficient (Wildman–Crippen LogP) is 25.8. The second kappa shape index (κ2) is 55.0. The second-order valence-corrected chi connectivity index (χ2v) is 29.9. The smallest absolute Gasteiger partial charge is 0.316 e. The molecule has 100 heavy (non-hydrogen) atoms. The van der Waals surface area contributed by atoms with Gasteiger partial charge >= 0.3 is 11.9 Å². The quantitative estimate of drug-likeness (QED) is 0.0239. The van der Waals surface area contributed by atoms with Gasteiger partial charge in [0.05, 0.1) is 34.3 Å². The van der Waals surface area contributed by atoms with Crippen molar-refractivity contribution in [2.24, 2.45) is 16.7 Å². The first-order valence-corrected chi connectivity index (χ1v) is 35.8. The normalized spacial score (nSPS) is 12.8. The minimum absolute atomic E-state index is 0. The van der Waals surface area contributed by atoms with Gasteiger partial charge in [-0.1, -0.05) is 242 Å². The van der Waals surface area contributed by atoms with Crippen LogP contribution in [-0.2, 0) is 36.8 Å². The molecule has 1 saturated carbocycles. The summed E-state index contributed by atoms with van der Waals surface area (Å²) in [5, 5.41) is 18.0. The van der Waals surface area contributed by atoms with E-state index in [-0.39, 0.29) is 103 Å². The Morgan fingerprint density at radius 1 is 0.470 bits per heavy atom. The summed E-state index contributed by atoms with van der Waals surface area (Å²) in [7, 11) is -7.96. The molecule has 1 aliphatic rings. The van der Waals surface area contributed by atoms with Crippen LogP contribution in [-0.4, -0.2) is 59.0 Å². The summed E-state index contributed by atoms with van der Waals surface area (Å²) < 4.78 is 77.9. The number of hydrogen-bond donors (Lipinski definition) is 2. The van der Waals surface area contributed by atoms with Gasteiger partial charge in [-0.05, 0) is 210 Å². The van der Waals surface area contributed by atoms with Gasteiger partial charge in [-0.3, -0.25) is 9.59 Å². The van der Waals surface area contributed by atoms with Crippen LogP contribution in [0.4, 0.5) is 0 Å². The van der Waals surface area contributed by atoms with Crippen molar-refractivity contribution in [3.05, 3.63) is 174 Å². The molecule has 0 heterocycles. The number of benzene rings is 6. The van der Waals surface area contributed by atoms with Gasteiger partial charge in [-0.25, -0.2) is 16.8 Å². The Morgan fingerprint density at radius 3 is 1.19 bits per heavy atom. The van der Waals surface area contributed by atoms with E-state index in [0.29, 0.717) is 41.4 Å². The molecule has 0 spiro atoms. The van der Waals surface area contributed by atoms with E-state index >= 15 is 0 Å². The maximum Gasteiger partial charge on any atom is 0.316 e. The topological polar surface area (TPSA) is 189 Å². The number of ether oxygens (including phenoxy) is 5. The molecule has 6 aromatic carbocycles. The van der Waals surface area contributed by atoms with Gasteiger partial charge in [-0.2, -0.15) is 0 Å². The number of aromatic hydroxyl groups is 2. The molecule has 0 aliphatic heterocycles. The minimum atomic E-state index is -4.70.